The number of methoxy groups -OCH3 is 2. The number of hydrogen-bond donors (Lipinski definition) is 0. The molecular weight excluding hydrogens is 234 g/mol. The Labute approximate surface area is 104 Å². The van der Waals surface area contributed by atoms with Crippen LogP contribution >= 0.6 is 0 Å². The molecule has 0 fully saturated rings. The van der Waals surface area contributed by atoms with Crippen LogP contribution in [-0.2, 0) is 9.53 Å². The van der Waals surface area contributed by atoms with Gasteiger partial charge in [0.15, 0.2) is 6.61 Å². The molecule has 5 heteroatoms. The fourth-order valence-electron chi connectivity index (χ4n) is 1.55. The van der Waals surface area contributed by atoms with Crippen LogP contribution in [0.1, 0.15) is 0 Å². The summed E-state index contributed by atoms with van der Waals surface area (Å²) in [5.41, 5.74) is 0.776. The Kier molecular flexibility index (Phi) is 3.62. The Hall–Kier alpha value is -2.30. The predicted octanol–water partition coefficient (Wildman–Crippen LogP) is 1.80. The molecule has 0 N–H and O–H groups in total. The van der Waals surface area contributed by atoms with Gasteiger partial charge in [-0.15, -0.1) is 0 Å². The van der Waals surface area contributed by atoms with E-state index in [-0.39, 0.29) is 6.61 Å². The van der Waals surface area contributed by atoms with Crippen molar-refractivity contribution in [1.29, 1.82) is 0 Å². The first-order valence-electron chi connectivity index (χ1n) is 5.37. The number of pyridine rings is 1. The topological polar surface area (TPSA) is 57.7 Å². The lowest BCUT2D eigenvalue weighted by atomic mass is 10.2. The molecule has 0 radical (unpaired) electrons. The van der Waals surface area contributed by atoms with E-state index in [2.05, 4.69) is 9.72 Å². The predicted molar refractivity (Wildman–Crippen MR) is 65.8 cm³/mol. The highest BCUT2D eigenvalue weighted by Crippen LogP contribution is 2.27. The molecule has 0 bridgehead atoms. The average Bonchev–Trinajstić information content (AvgIpc) is 2.43. The van der Waals surface area contributed by atoms with Crippen molar-refractivity contribution in [3.63, 3.8) is 0 Å². The zero-order valence-electron chi connectivity index (χ0n) is 10.2. The van der Waals surface area contributed by atoms with Gasteiger partial charge < -0.3 is 14.2 Å². The summed E-state index contributed by atoms with van der Waals surface area (Å²) in [7, 11) is 2.91. The first-order valence-corrected chi connectivity index (χ1v) is 5.37. The number of rotatable bonds is 4. The van der Waals surface area contributed by atoms with Gasteiger partial charge in [-0.05, 0) is 24.3 Å². The number of hydrogen-bond acceptors (Lipinski definition) is 5. The van der Waals surface area contributed by atoms with Crippen LogP contribution < -0.4 is 9.47 Å². The lowest BCUT2D eigenvalue weighted by Crippen LogP contribution is -2.12. The first kappa shape index (κ1) is 12.2. The molecule has 0 unspecified atom stereocenters. The number of aromatic nitrogens is 1. The van der Waals surface area contributed by atoms with Gasteiger partial charge in [-0.3, -0.25) is 4.98 Å². The maximum Gasteiger partial charge on any atom is 0.343 e. The standard InChI is InChI=1S/C13H13NO4/c1-16-9-3-4-11-10(7-9)12(5-6-14-11)18-8-13(15)17-2/h3-7H,8H2,1-2H3. The van der Waals surface area contributed by atoms with Crippen LogP contribution in [0.25, 0.3) is 10.9 Å². The van der Waals surface area contributed by atoms with E-state index in [0.29, 0.717) is 11.5 Å². The minimum absolute atomic E-state index is 0.132. The average molecular weight is 247 g/mol. The van der Waals surface area contributed by atoms with Gasteiger partial charge in [-0.2, -0.15) is 0 Å². The fourth-order valence-corrected chi connectivity index (χ4v) is 1.55. The van der Waals surface area contributed by atoms with Gasteiger partial charge in [-0.1, -0.05) is 0 Å². The Morgan fingerprint density at radius 2 is 2.11 bits per heavy atom. The molecule has 1 heterocycles. The molecule has 18 heavy (non-hydrogen) atoms. The zero-order valence-corrected chi connectivity index (χ0v) is 10.2. The molecule has 0 aliphatic carbocycles. The van der Waals surface area contributed by atoms with Crippen LogP contribution in [0.5, 0.6) is 11.5 Å². The van der Waals surface area contributed by atoms with Gasteiger partial charge in [-0.25, -0.2) is 4.79 Å². The summed E-state index contributed by atoms with van der Waals surface area (Å²) in [6.45, 7) is -0.132. The number of carbonyl (C=O) groups is 1. The minimum Gasteiger partial charge on any atom is -0.497 e. The fraction of sp³-hybridized carbons (Fsp3) is 0.231. The lowest BCUT2D eigenvalue weighted by Gasteiger charge is -2.08. The van der Waals surface area contributed by atoms with Crippen molar-refractivity contribution in [1.82, 2.24) is 4.98 Å². The molecule has 5 nitrogen and oxygen atoms in total. The largest absolute Gasteiger partial charge is 0.497 e. The molecule has 1 aromatic carbocycles. The van der Waals surface area contributed by atoms with Gasteiger partial charge in [0, 0.05) is 11.6 Å². The van der Waals surface area contributed by atoms with Crippen LogP contribution in [0, 0.1) is 0 Å². The molecule has 0 aliphatic heterocycles. The van der Waals surface area contributed by atoms with Crippen molar-refractivity contribution in [3.8, 4) is 11.5 Å². The van der Waals surface area contributed by atoms with E-state index in [1.165, 1.54) is 7.11 Å². The molecule has 2 rings (SSSR count). The highest BCUT2D eigenvalue weighted by molar-refractivity contribution is 5.86. The zero-order chi connectivity index (χ0) is 13.0. The summed E-state index contributed by atoms with van der Waals surface area (Å²) >= 11 is 0. The van der Waals surface area contributed by atoms with E-state index in [4.69, 9.17) is 9.47 Å². The Morgan fingerprint density at radius 3 is 2.83 bits per heavy atom. The second kappa shape index (κ2) is 5.35. The number of benzene rings is 1. The Morgan fingerprint density at radius 1 is 1.28 bits per heavy atom. The second-order valence-corrected chi connectivity index (χ2v) is 3.56. The maximum absolute atomic E-state index is 11.1. The summed E-state index contributed by atoms with van der Waals surface area (Å²) in [6.07, 6.45) is 1.63. The summed E-state index contributed by atoms with van der Waals surface area (Å²) in [4.78, 5) is 15.3. The van der Waals surface area contributed by atoms with Gasteiger partial charge in [0.1, 0.15) is 11.5 Å². The lowest BCUT2D eigenvalue weighted by molar-refractivity contribution is -0.142. The molecule has 94 valence electrons. The highest BCUT2D eigenvalue weighted by Gasteiger charge is 2.07. The van der Waals surface area contributed by atoms with Crippen LogP contribution in [-0.4, -0.2) is 31.8 Å². The molecule has 0 saturated heterocycles. The molecule has 2 aromatic rings. The third kappa shape index (κ3) is 2.51. The van der Waals surface area contributed by atoms with E-state index in [9.17, 15) is 4.79 Å². The third-order valence-corrected chi connectivity index (χ3v) is 2.48. The number of esters is 1. The molecule has 0 spiro atoms. The second-order valence-electron chi connectivity index (χ2n) is 3.56. The summed E-state index contributed by atoms with van der Waals surface area (Å²) in [6, 6.07) is 7.16. The SMILES string of the molecule is COC(=O)COc1ccnc2ccc(OC)cc12. The number of ether oxygens (including phenoxy) is 3. The Balaban J connectivity index is 2.34. The molecule has 0 aliphatic rings. The normalized spacial score (nSPS) is 10.1. The first-order chi connectivity index (χ1) is 8.74. The van der Waals surface area contributed by atoms with Gasteiger partial charge in [0.25, 0.3) is 0 Å². The molecular formula is C13H13NO4. The number of nitrogens with zero attached hydrogens (tertiary/aromatic N) is 1. The van der Waals surface area contributed by atoms with Crippen molar-refractivity contribution < 1.29 is 19.0 Å². The highest BCUT2D eigenvalue weighted by atomic mass is 16.6. The smallest absolute Gasteiger partial charge is 0.343 e. The molecule has 0 amide bonds. The maximum atomic E-state index is 11.1. The van der Waals surface area contributed by atoms with E-state index in [0.717, 1.165) is 10.9 Å². The van der Waals surface area contributed by atoms with Gasteiger partial charge >= 0.3 is 5.97 Å². The van der Waals surface area contributed by atoms with E-state index in [1.807, 2.05) is 18.2 Å². The third-order valence-electron chi connectivity index (χ3n) is 2.48. The van der Waals surface area contributed by atoms with Crippen molar-refractivity contribution >= 4 is 16.9 Å². The number of fused-ring (bicyclic) bond motifs is 1. The van der Waals surface area contributed by atoms with E-state index < -0.39 is 5.97 Å². The summed E-state index contributed by atoms with van der Waals surface area (Å²) in [5.74, 6) is 0.852. The van der Waals surface area contributed by atoms with Gasteiger partial charge in [0.2, 0.25) is 0 Å². The minimum atomic E-state index is -0.428. The monoisotopic (exact) mass is 247 g/mol. The van der Waals surface area contributed by atoms with Crippen molar-refractivity contribution in [3.05, 3.63) is 30.5 Å². The summed E-state index contributed by atoms with van der Waals surface area (Å²) in [5, 5.41) is 0.792. The molecule has 0 atom stereocenters. The van der Waals surface area contributed by atoms with Crippen LogP contribution in [0.15, 0.2) is 30.5 Å². The molecule has 0 saturated carbocycles. The van der Waals surface area contributed by atoms with E-state index in [1.54, 1.807) is 19.4 Å². The van der Waals surface area contributed by atoms with Crippen LogP contribution in [0.2, 0.25) is 0 Å². The van der Waals surface area contributed by atoms with Gasteiger partial charge in [0.05, 0.1) is 19.7 Å². The van der Waals surface area contributed by atoms with E-state index >= 15 is 0 Å². The van der Waals surface area contributed by atoms with Crippen molar-refractivity contribution in [2.24, 2.45) is 0 Å². The number of carbonyl (C=O) groups excluding carboxylic acids is 1. The molecule has 1 aromatic heterocycles. The summed E-state index contributed by atoms with van der Waals surface area (Å²) < 4.78 is 15.1. The van der Waals surface area contributed by atoms with Crippen molar-refractivity contribution in [2.45, 2.75) is 0 Å². The Bertz CT molecular complexity index is 568. The van der Waals surface area contributed by atoms with Crippen LogP contribution in [0.4, 0.5) is 0 Å². The van der Waals surface area contributed by atoms with Crippen molar-refractivity contribution in [2.75, 3.05) is 20.8 Å². The van der Waals surface area contributed by atoms with Crippen LogP contribution in [0.3, 0.4) is 0 Å². The quantitative estimate of drug-likeness (QED) is 0.771.